The van der Waals surface area contributed by atoms with E-state index in [0.29, 0.717) is 6.54 Å². The number of hydrogen-bond acceptors (Lipinski definition) is 3. The van der Waals surface area contributed by atoms with E-state index in [0.717, 1.165) is 30.7 Å². The Hall–Kier alpha value is -1.71. The van der Waals surface area contributed by atoms with Gasteiger partial charge in [-0.05, 0) is 25.0 Å². The summed E-state index contributed by atoms with van der Waals surface area (Å²) in [6.07, 6.45) is 2.51. The second-order valence-electron chi connectivity index (χ2n) is 4.49. The number of benzene rings is 1. The van der Waals surface area contributed by atoms with Gasteiger partial charge in [-0.15, -0.1) is 0 Å². The number of nitrogens with one attached hydrogen (secondary N) is 1. The molecule has 1 aromatic rings. The summed E-state index contributed by atoms with van der Waals surface area (Å²) in [6.45, 7) is 0.461. The van der Waals surface area contributed by atoms with Gasteiger partial charge in [0.1, 0.15) is 5.75 Å². The number of carboxylic acid groups (broad SMARTS) is 1. The van der Waals surface area contributed by atoms with Gasteiger partial charge in [0.2, 0.25) is 0 Å². The highest BCUT2D eigenvalue weighted by Crippen LogP contribution is 2.41. The molecule has 0 spiro atoms. The molecule has 0 bridgehead atoms. The minimum absolute atomic E-state index is 0.461. The first-order valence-corrected chi connectivity index (χ1v) is 5.78. The fourth-order valence-corrected chi connectivity index (χ4v) is 2.12. The van der Waals surface area contributed by atoms with Crippen LogP contribution in [0.3, 0.4) is 0 Å². The molecule has 0 radical (unpaired) electrons. The smallest absolute Gasteiger partial charge is 0.311 e. The van der Waals surface area contributed by atoms with E-state index in [2.05, 4.69) is 5.32 Å². The van der Waals surface area contributed by atoms with Crippen molar-refractivity contribution in [1.29, 1.82) is 0 Å². The van der Waals surface area contributed by atoms with Gasteiger partial charge in [-0.25, -0.2) is 0 Å². The van der Waals surface area contributed by atoms with Gasteiger partial charge in [0.25, 0.3) is 0 Å². The Morgan fingerprint density at radius 2 is 2.18 bits per heavy atom. The molecular formula is C13H17NO3. The minimum atomic E-state index is -0.703. The van der Waals surface area contributed by atoms with Crippen LogP contribution in [0.2, 0.25) is 0 Å². The van der Waals surface area contributed by atoms with Gasteiger partial charge < -0.3 is 15.2 Å². The van der Waals surface area contributed by atoms with Gasteiger partial charge in [-0.1, -0.05) is 18.6 Å². The summed E-state index contributed by atoms with van der Waals surface area (Å²) in [4.78, 5) is 11.2. The zero-order chi connectivity index (χ0) is 12.3. The number of rotatable bonds is 5. The maximum absolute atomic E-state index is 11.2. The zero-order valence-electron chi connectivity index (χ0n) is 9.90. The van der Waals surface area contributed by atoms with E-state index in [1.807, 2.05) is 24.3 Å². The Morgan fingerprint density at radius 3 is 2.71 bits per heavy atom. The zero-order valence-corrected chi connectivity index (χ0v) is 9.90. The Balaban J connectivity index is 2.04. The van der Waals surface area contributed by atoms with Gasteiger partial charge >= 0.3 is 5.97 Å². The van der Waals surface area contributed by atoms with Crippen molar-refractivity contribution < 1.29 is 14.6 Å². The monoisotopic (exact) mass is 235 g/mol. The predicted molar refractivity (Wildman–Crippen MR) is 65.4 cm³/mol. The standard InChI is InChI=1S/C13H17NO3/c1-17-11-6-3-2-5-10(11)14-9-13(12(15)16)7-4-8-13/h2-3,5-6,14H,4,7-9H2,1H3,(H,15,16). The largest absolute Gasteiger partial charge is 0.495 e. The first-order chi connectivity index (χ1) is 8.18. The quantitative estimate of drug-likeness (QED) is 0.822. The van der Waals surface area contributed by atoms with Crippen molar-refractivity contribution >= 4 is 11.7 Å². The van der Waals surface area contributed by atoms with Crippen LogP contribution in [-0.4, -0.2) is 24.7 Å². The lowest BCUT2D eigenvalue weighted by molar-refractivity contribution is -0.153. The van der Waals surface area contributed by atoms with E-state index in [4.69, 9.17) is 4.74 Å². The molecule has 4 heteroatoms. The van der Waals surface area contributed by atoms with Crippen molar-refractivity contribution in [3.63, 3.8) is 0 Å². The first kappa shape index (κ1) is 11.8. The normalized spacial score (nSPS) is 17.0. The fourth-order valence-electron chi connectivity index (χ4n) is 2.12. The van der Waals surface area contributed by atoms with E-state index in [1.54, 1.807) is 7.11 Å². The van der Waals surface area contributed by atoms with Crippen molar-refractivity contribution in [1.82, 2.24) is 0 Å². The molecule has 0 aliphatic heterocycles. The average Bonchev–Trinajstić information content (AvgIpc) is 2.27. The van der Waals surface area contributed by atoms with E-state index in [9.17, 15) is 9.90 Å². The fraction of sp³-hybridized carbons (Fsp3) is 0.462. The molecule has 1 fully saturated rings. The lowest BCUT2D eigenvalue weighted by Crippen LogP contribution is -2.43. The molecule has 0 heterocycles. The van der Waals surface area contributed by atoms with Gasteiger partial charge in [0, 0.05) is 6.54 Å². The van der Waals surface area contributed by atoms with Crippen molar-refractivity contribution in [2.75, 3.05) is 19.0 Å². The highest BCUT2D eigenvalue weighted by molar-refractivity contribution is 5.76. The van der Waals surface area contributed by atoms with Crippen LogP contribution in [0, 0.1) is 5.41 Å². The maximum atomic E-state index is 11.2. The summed E-state index contributed by atoms with van der Waals surface area (Å²) >= 11 is 0. The van der Waals surface area contributed by atoms with Crippen LogP contribution in [0.5, 0.6) is 5.75 Å². The number of ether oxygens (including phenoxy) is 1. The molecule has 0 saturated heterocycles. The molecule has 0 aromatic heterocycles. The first-order valence-electron chi connectivity index (χ1n) is 5.78. The SMILES string of the molecule is COc1ccccc1NCC1(C(=O)O)CCC1. The highest BCUT2D eigenvalue weighted by atomic mass is 16.5. The molecule has 17 heavy (non-hydrogen) atoms. The van der Waals surface area contributed by atoms with Crippen LogP contribution in [0.15, 0.2) is 24.3 Å². The molecule has 2 N–H and O–H groups in total. The highest BCUT2D eigenvalue weighted by Gasteiger charge is 2.44. The van der Waals surface area contributed by atoms with Gasteiger partial charge in [-0.3, -0.25) is 4.79 Å². The number of carbonyl (C=O) groups is 1. The summed E-state index contributed by atoms with van der Waals surface area (Å²) in [6, 6.07) is 7.54. The summed E-state index contributed by atoms with van der Waals surface area (Å²) in [7, 11) is 1.61. The third-order valence-electron chi connectivity index (χ3n) is 3.49. The molecular weight excluding hydrogens is 218 g/mol. The van der Waals surface area contributed by atoms with E-state index in [1.165, 1.54) is 0 Å². The Bertz CT molecular complexity index is 413. The second-order valence-corrected chi connectivity index (χ2v) is 4.49. The van der Waals surface area contributed by atoms with Crippen LogP contribution < -0.4 is 10.1 Å². The van der Waals surface area contributed by atoms with Crippen LogP contribution in [0.25, 0.3) is 0 Å². The molecule has 1 aliphatic carbocycles. The van der Waals surface area contributed by atoms with Crippen molar-refractivity contribution in [2.24, 2.45) is 5.41 Å². The van der Waals surface area contributed by atoms with Gasteiger partial charge in [0.15, 0.2) is 0 Å². The van der Waals surface area contributed by atoms with E-state index < -0.39 is 11.4 Å². The summed E-state index contributed by atoms with van der Waals surface area (Å²) in [5.74, 6) is 0.0403. The van der Waals surface area contributed by atoms with Crippen LogP contribution in [0.4, 0.5) is 5.69 Å². The average molecular weight is 235 g/mol. The lowest BCUT2D eigenvalue weighted by atomic mass is 9.69. The van der Waals surface area contributed by atoms with E-state index >= 15 is 0 Å². The minimum Gasteiger partial charge on any atom is -0.495 e. The Morgan fingerprint density at radius 1 is 1.47 bits per heavy atom. The molecule has 92 valence electrons. The molecule has 1 saturated carbocycles. The summed E-state index contributed by atoms with van der Waals surface area (Å²) < 4.78 is 5.21. The van der Waals surface area contributed by atoms with Crippen LogP contribution >= 0.6 is 0 Å². The number of aliphatic carboxylic acids is 1. The number of methoxy groups -OCH3 is 1. The van der Waals surface area contributed by atoms with Crippen LogP contribution in [-0.2, 0) is 4.79 Å². The molecule has 0 amide bonds. The molecule has 1 aliphatic rings. The predicted octanol–water partition coefficient (Wildman–Crippen LogP) is 2.36. The third kappa shape index (κ3) is 2.20. The second kappa shape index (κ2) is 4.65. The Labute approximate surface area is 101 Å². The van der Waals surface area contributed by atoms with Crippen LogP contribution in [0.1, 0.15) is 19.3 Å². The van der Waals surface area contributed by atoms with Crippen molar-refractivity contribution in [2.45, 2.75) is 19.3 Å². The third-order valence-corrected chi connectivity index (χ3v) is 3.49. The van der Waals surface area contributed by atoms with E-state index in [-0.39, 0.29) is 0 Å². The number of para-hydroxylation sites is 2. The molecule has 0 atom stereocenters. The van der Waals surface area contributed by atoms with Crippen molar-refractivity contribution in [3.8, 4) is 5.75 Å². The van der Waals surface area contributed by atoms with Crippen molar-refractivity contribution in [3.05, 3.63) is 24.3 Å². The number of anilines is 1. The molecule has 1 aromatic carbocycles. The molecule has 2 rings (SSSR count). The van der Waals surface area contributed by atoms with Gasteiger partial charge in [-0.2, -0.15) is 0 Å². The molecule has 4 nitrogen and oxygen atoms in total. The maximum Gasteiger partial charge on any atom is 0.311 e. The summed E-state index contributed by atoms with van der Waals surface area (Å²) in [5.41, 5.74) is 0.267. The lowest BCUT2D eigenvalue weighted by Gasteiger charge is -2.38. The number of carboxylic acids is 1. The summed E-state index contributed by atoms with van der Waals surface area (Å²) in [5, 5.41) is 12.4. The number of hydrogen-bond donors (Lipinski definition) is 2. The Kier molecular flexibility index (Phi) is 3.22. The molecule has 0 unspecified atom stereocenters. The van der Waals surface area contributed by atoms with Gasteiger partial charge in [0.05, 0.1) is 18.2 Å². The topological polar surface area (TPSA) is 58.6 Å².